The van der Waals surface area contributed by atoms with E-state index in [0.717, 1.165) is 0 Å². The van der Waals surface area contributed by atoms with Crippen LogP contribution in [0.1, 0.15) is 18.4 Å². The van der Waals surface area contributed by atoms with Crippen molar-refractivity contribution in [2.45, 2.75) is 24.9 Å². The molecule has 0 aromatic heterocycles. The van der Waals surface area contributed by atoms with Gasteiger partial charge in [-0.1, -0.05) is 35.9 Å². The number of rotatable bonds is 5. The maximum absolute atomic E-state index is 13.8. The summed E-state index contributed by atoms with van der Waals surface area (Å²) in [6, 6.07) is 13.2. The highest BCUT2D eigenvalue weighted by atomic mass is 35.5. The van der Waals surface area contributed by atoms with Crippen LogP contribution < -0.4 is 4.74 Å². The van der Waals surface area contributed by atoms with E-state index in [1.165, 1.54) is 6.07 Å². The Morgan fingerprint density at radius 2 is 2.08 bits per heavy atom. The Morgan fingerprint density at radius 3 is 2.85 bits per heavy atom. The van der Waals surface area contributed by atoms with Gasteiger partial charge in [0.05, 0.1) is 13.0 Å². The number of carbonyl (C=O) groups is 1. The average Bonchev–Trinajstić information content (AvgIpc) is 2.62. The minimum Gasteiger partial charge on any atom is -0.490 e. The van der Waals surface area contributed by atoms with Crippen molar-refractivity contribution in [1.82, 2.24) is 4.90 Å². The fraction of sp³-hybridized carbons (Fsp3) is 0.350. The minimum atomic E-state index is -1.13. The van der Waals surface area contributed by atoms with Crippen molar-refractivity contribution in [1.29, 1.82) is 0 Å². The summed E-state index contributed by atoms with van der Waals surface area (Å²) in [4.78, 5) is 14.1. The lowest BCUT2D eigenvalue weighted by atomic mass is 9.93. The van der Waals surface area contributed by atoms with Gasteiger partial charge in [0, 0.05) is 11.6 Å². The van der Waals surface area contributed by atoms with Gasteiger partial charge in [-0.25, -0.2) is 4.39 Å². The molecule has 0 saturated carbocycles. The van der Waals surface area contributed by atoms with Gasteiger partial charge in [0.25, 0.3) is 0 Å². The van der Waals surface area contributed by atoms with Crippen molar-refractivity contribution in [2.75, 3.05) is 19.7 Å². The third kappa shape index (κ3) is 4.74. The van der Waals surface area contributed by atoms with Gasteiger partial charge in [-0.15, -0.1) is 0 Å². The lowest BCUT2D eigenvalue weighted by molar-refractivity contribution is -0.139. The van der Waals surface area contributed by atoms with Crippen LogP contribution in [0.5, 0.6) is 5.75 Å². The largest absolute Gasteiger partial charge is 0.490 e. The molecule has 0 radical (unpaired) electrons. The zero-order valence-electron chi connectivity index (χ0n) is 14.3. The van der Waals surface area contributed by atoms with E-state index in [1.807, 2.05) is 0 Å². The molecule has 3 rings (SSSR count). The monoisotopic (exact) mass is 377 g/mol. The molecule has 1 N–H and O–H groups in total. The molecular weight excluding hydrogens is 357 g/mol. The predicted octanol–water partition coefficient (Wildman–Crippen LogP) is 3.45. The van der Waals surface area contributed by atoms with Crippen molar-refractivity contribution in [3.05, 3.63) is 64.9 Å². The molecule has 0 aliphatic carbocycles. The molecule has 0 bridgehead atoms. The number of carbonyl (C=O) groups excluding carboxylic acids is 1. The van der Waals surface area contributed by atoms with E-state index in [1.54, 1.807) is 47.4 Å². The Bertz CT molecular complexity index is 785. The zero-order valence-corrected chi connectivity index (χ0v) is 15.1. The molecule has 1 atom stereocenters. The molecular formula is C20H21ClFNO3. The molecule has 4 nitrogen and oxygen atoms in total. The Hall–Kier alpha value is -2.11. The summed E-state index contributed by atoms with van der Waals surface area (Å²) in [5.74, 6) is -0.0193. The van der Waals surface area contributed by atoms with Gasteiger partial charge in [0.2, 0.25) is 5.91 Å². The second kappa shape index (κ2) is 8.06. The quantitative estimate of drug-likeness (QED) is 0.868. The van der Waals surface area contributed by atoms with Gasteiger partial charge in [-0.2, -0.15) is 0 Å². The molecule has 138 valence electrons. The van der Waals surface area contributed by atoms with E-state index in [-0.39, 0.29) is 25.5 Å². The summed E-state index contributed by atoms with van der Waals surface area (Å²) in [6.45, 7) is 0.782. The number of ether oxygens (including phenoxy) is 1. The molecule has 2 aromatic rings. The number of hydrogen-bond acceptors (Lipinski definition) is 3. The van der Waals surface area contributed by atoms with E-state index in [0.29, 0.717) is 35.7 Å². The number of piperidine rings is 1. The summed E-state index contributed by atoms with van der Waals surface area (Å²) in [5, 5.41) is 11.4. The Morgan fingerprint density at radius 1 is 1.27 bits per heavy atom. The van der Waals surface area contributed by atoms with E-state index < -0.39 is 11.4 Å². The van der Waals surface area contributed by atoms with Gasteiger partial charge in [-0.3, -0.25) is 4.79 Å². The maximum Gasteiger partial charge on any atom is 0.227 e. The van der Waals surface area contributed by atoms with Gasteiger partial charge >= 0.3 is 0 Å². The molecule has 1 aliphatic heterocycles. The number of nitrogens with zero attached hydrogens (tertiary/aromatic N) is 1. The molecule has 1 heterocycles. The highest BCUT2D eigenvalue weighted by molar-refractivity contribution is 6.30. The summed E-state index contributed by atoms with van der Waals surface area (Å²) < 4.78 is 19.4. The smallest absolute Gasteiger partial charge is 0.227 e. The first-order valence-corrected chi connectivity index (χ1v) is 8.95. The zero-order chi connectivity index (χ0) is 18.6. The molecule has 0 spiro atoms. The molecule has 1 aliphatic rings. The number of halogens is 2. The molecule has 1 unspecified atom stereocenters. The summed E-state index contributed by atoms with van der Waals surface area (Å²) in [6.07, 6.45) is 1.19. The Labute approximate surface area is 157 Å². The number of likely N-dealkylation sites (tertiary alicyclic amines) is 1. The third-order valence-corrected chi connectivity index (χ3v) is 4.75. The fourth-order valence-corrected chi connectivity index (χ4v) is 3.31. The Kier molecular flexibility index (Phi) is 5.79. The normalized spacial score (nSPS) is 20.0. The SMILES string of the molecule is O=C(Cc1ccccc1F)N1CCCC(O)(COc2cccc(Cl)c2)C1. The molecule has 6 heteroatoms. The van der Waals surface area contributed by atoms with E-state index in [2.05, 4.69) is 0 Å². The molecule has 1 amide bonds. The summed E-state index contributed by atoms with van der Waals surface area (Å²) in [7, 11) is 0. The number of amides is 1. The molecule has 26 heavy (non-hydrogen) atoms. The predicted molar refractivity (Wildman–Crippen MR) is 97.8 cm³/mol. The highest BCUT2D eigenvalue weighted by Crippen LogP contribution is 2.25. The number of aliphatic hydroxyl groups is 1. The summed E-state index contributed by atoms with van der Waals surface area (Å²) >= 11 is 5.93. The maximum atomic E-state index is 13.8. The molecule has 1 fully saturated rings. The lowest BCUT2D eigenvalue weighted by Crippen LogP contribution is -2.53. The van der Waals surface area contributed by atoms with Gasteiger partial charge in [0.1, 0.15) is 23.8 Å². The molecule has 2 aromatic carbocycles. The first kappa shape index (κ1) is 18.7. The number of β-amino-alcohol motifs (C(OH)–C–C–N with tert-alkyl or cyclic N) is 1. The van der Waals surface area contributed by atoms with Crippen LogP contribution in [0.15, 0.2) is 48.5 Å². The second-order valence-electron chi connectivity index (χ2n) is 6.66. The van der Waals surface area contributed by atoms with Gasteiger partial charge < -0.3 is 14.7 Å². The van der Waals surface area contributed by atoms with Crippen LogP contribution in [0.25, 0.3) is 0 Å². The van der Waals surface area contributed by atoms with Crippen LogP contribution in [-0.2, 0) is 11.2 Å². The van der Waals surface area contributed by atoms with E-state index in [9.17, 15) is 14.3 Å². The first-order valence-electron chi connectivity index (χ1n) is 8.57. The number of hydrogen-bond donors (Lipinski definition) is 1. The minimum absolute atomic E-state index is 0.0160. The second-order valence-corrected chi connectivity index (χ2v) is 7.09. The lowest BCUT2D eigenvalue weighted by Gasteiger charge is -2.39. The standard InChI is InChI=1S/C20H21ClFNO3/c21-16-6-3-7-17(12-16)26-14-20(25)9-4-10-23(13-20)19(24)11-15-5-1-2-8-18(15)22/h1-3,5-8,12,25H,4,9-11,13-14H2. The third-order valence-electron chi connectivity index (χ3n) is 4.51. The van der Waals surface area contributed by atoms with Crippen LogP contribution in [0.4, 0.5) is 4.39 Å². The van der Waals surface area contributed by atoms with Crippen LogP contribution >= 0.6 is 11.6 Å². The van der Waals surface area contributed by atoms with Crippen LogP contribution in [0.2, 0.25) is 5.02 Å². The van der Waals surface area contributed by atoms with Crippen LogP contribution in [-0.4, -0.2) is 41.2 Å². The van der Waals surface area contributed by atoms with Gasteiger partial charge in [-0.05, 0) is 42.7 Å². The van der Waals surface area contributed by atoms with Crippen molar-refractivity contribution < 1.29 is 19.0 Å². The van der Waals surface area contributed by atoms with Gasteiger partial charge in [0.15, 0.2) is 0 Å². The topological polar surface area (TPSA) is 49.8 Å². The first-order chi connectivity index (χ1) is 12.5. The van der Waals surface area contributed by atoms with E-state index in [4.69, 9.17) is 16.3 Å². The van der Waals surface area contributed by atoms with Crippen molar-refractivity contribution >= 4 is 17.5 Å². The highest BCUT2D eigenvalue weighted by Gasteiger charge is 2.36. The number of benzene rings is 2. The van der Waals surface area contributed by atoms with E-state index >= 15 is 0 Å². The Balaban J connectivity index is 1.60. The average molecular weight is 378 g/mol. The van der Waals surface area contributed by atoms with Crippen molar-refractivity contribution in [3.63, 3.8) is 0 Å². The molecule has 1 saturated heterocycles. The fourth-order valence-electron chi connectivity index (χ4n) is 3.13. The van der Waals surface area contributed by atoms with Crippen molar-refractivity contribution in [2.24, 2.45) is 0 Å². The van der Waals surface area contributed by atoms with Crippen LogP contribution in [0, 0.1) is 5.82 Å². The van der Waals surface area contributed by atoms with Crippen LogP contribution in [0.3, 0.4) is 0 Å². The summed E-state index contributed by atoms with van der Waals surface area (Å²) in [5.41, 5.74) is -0.771. The van der Waals surface area contributed by atoms with Crippen molar-refractivity contribution in [3.8, 4) is 5.75 Å².